The predicted octanol–water partition coefficient (Wildman–Crippen LogP) is 3.28. The van der Waals surface area contributed by atoms with Crippen molar-refractivity contribution in [2.75, 3.05) is 6.54 Å². The molecule has 21 heavy (non-hydrogen) atoms. The van der Waals surface area contributed by atoms with Crippen LogP contribution < -0.4 is 5.32 Å². The molecule has 116 valence electrons. The number of hydrogen-bond acceptors (Lipinski definition) is 2. The van der Waals surface area contributed by atoms with Crippen LogP contribution in [0.25, 0.3) is 0 Å². The highest BCUT2D eigenvalue weighted by molar-refractivity contribution is 6.30. The molecule has 1 unspecified atom stereocenters. The van der Waals surface area contributed by atoms with Gasteiger partial charge in [-0.25, -0.2) is 0 Å². The monoisotopic (exact) mass is 311 g/mol. The molecule has 0 saturated carbocycles. The number of amides is 1. The molecule has 0 aliphatic heterocycles. The van der Waals surface area contributed by atoms with Gasteiger partial charge < -0.3 is 10.4 Å². The van der Waals surface area contributed by atoms with Gasteiger partial charge in [0.25, 0.3) is 0 Å². The quantitative estimate of drug-likeness (QED) is 0.735. The van der Waals surface area contributed by atoms with Gasteiger partial charge >= 0.3 is 5.97 Å². The first-order chi connectivity index (χ1) is 10.0. The minimum absolute atomic E-state index is 0.0914. The fourth-order valence-corrected chi connectivity index (χ4v) is 2.22. The summed E-state index contributed by atoms with van der Waals surface area (Å²) in [6, 6.07) is 7.56. The molecule has 0 aliphatic rings. The zero-order valence-electron chi connectivity index (χ0n) is 12.3. The number of carboxylic acids is 1. The van der Waals surface area contributed by atoms with Crippen LogP contribution in [0.3, 0.4) is 0 Å². The topological polar surface area (TPSA) is 66.4 Å². The molecule has 1 aromatic carbocycles. The number of carboxylic acid groups (broad SMARTS) is 1. The molecule has 1 rings (SSSR count). The lowest BCUT2D eigenvalue weighted by Crippen LogP contribution is -2.32. The maximum absolute atomic E-state index is 11.7. The summed E-state index contributed by atoms with van der Waals surface area (Å²) in [4.78, 5) is 22.7. The van der Waals surface area contributed by atoms with Gasteiger partial charge in [0.2, 0.25) is 5.91 Å². The van der Waals surface area contributed by atoms with Gasteiger partial charge in [-0.15, -0.1) is 0 Å². The zero-order chi connectivity index (χ0) is 15.7. The highest BCUT2D eigenvalue weighted by Crippen LogP contribution is 2.11. The fraction of sp³-hybridized carbons (Fsp3) is 0.500. The smallest absolute Gasteiger partial charge is 0.308 e. The van der Waals surface area contributed by atoms with Gasteiger partial charge in [0.05, 0.1) is 5.92 Å². The molecule has 2 N–H and O–H groups in total. The largest absolute Gasteiger partial charge is 0.481 e. The Hall–Kier alpha value is -1.55. The molecule has 1 amide bonds. The van der Waals surface area contributed by atoms with Gasteiger partial charge in [-0.1, -0.05) is 37.1 Å². The molecule has 0 aliphatic carbocycles. The van der Waals surface area contributed by atoms with E-state index in [0.717, 1.165) is 24.8 Å². The van der Waals surface area contributed by atoms with Gasteiger partial charge in [0.15, 0.2) is 0 Å². The number of halogens is 1. The van der Waals surface area contributed by atoms with E-state index in [-0.39, 0.29) is 12.5 Å². The van der Waals surface area contributed by atoms with Crippen molar-refractivity contribution in [1.82, 2.24) is 5.32 Å². The molecule has 4 nitrogen and oxygen atoms in total. The zero-order valence-corrected chi connectivity index (χ0v) is 13.0. The number of hydrogen-bond donors (Lipinski definition) is 2. The second-order valence-corrected chi connectivity index (χ2v) is 5.54. The Kier molecular flexibility index (Phi) is 7.83. The van der Waals surface area contributed by atoms with Crippen LogP contribution in [-0.4, -0.2) is 23.5 Å². The lowest BCUT2D eigenvalue weighted by molar-refractivity contribution is -0.141. The van der Waals surface area contributed by atoms with E-state index in [4.69, 9.17) is 16.7 Å². The van der Waals surface area contributed by atoms with Crippen molar-refractivity contribution in [3.05, 3.63) is 34.9 Å². The molecular formula is C16H22ClNO3. The van der Waals surface area contributed by atoms with Crippen molar-refractivity contribution in [3.63, 3.8) is 0 Å². The number of carbonyl (C=O) groups excluding carboxylic acids is 1. The van der Waals surface area contributed by atoms with Crippen molar-refractivity contribution < 1.29 is 14.7 Å². The van der Waals surface area contributed by atoms with Gasteiger partial charge in [0.1, 0.15) is 0 Å². The van der Waals surface area contributed by atoms with Crippen LogP contribution in [-0.2, 0) is 16.0 Å². The van der Waals surface area contributed by atoms with E-state index in [2.05, 4.69) is 5.32 Å². The lowest BCUT2D eigenvalue weighted by atomic mass is 10.0. The normalized spacial score (nSPS) is 11.9. The van der Waals surface area contributed by atoms with Crippen molar-refractivity contribution in [2.45, 2.75) is 39.0 Å². The maximum atomic E-state index is 11.7. The molecular weight excluding hydrogens is 290 g/mol. The Labute approximate surface area is 130 Å². The Morgan fingerprint density at radius 2 is 1.95 bits per heavy atom. The van der Waals surface area contributed by atoms with Gasteiger partial charge in [-0.05, 0) is 37.0 Å². The minimum Gasteiger partial charge on any atom is -0.481 e. The first-order valence-electron chi connectivity index (χ1n) is 7.27. The van der Waals surface area contributed by atoms with E-state index in [1.54, 1.807) is 0 Å². The summed E-state index contributed by atoms with van der Waals surface area (Å²) in [5.74, 6) is -1.43. The number of rotatable bonds is 9. The average Bonchev–Trinajstić information content (AvgIpc) is 2.45. The van der Waals surface area contributed by atoms with E-state index < -0.39 is 11.9 Å². The number of carbonyl (C=O) groups is 2. The first-order valence-corrected chi connectivity index (χ1v) is 7.64. The standard InChI is InChI=1S/C16H22ClNO3/c1-2-4-13(16(20)21)11-18-15(19)6-3-5-12-7-9-14(17)10-8-12/h7-10,13H,2-6,11H2,1H3,(H,18,19)(H,20,21). The lowest BCUT2D eigenvalue weighted by Gasteiger charge is -2.12. The van der Waals surface area contributed by atoms with Gasteiger partial charge in [-0.2, -0.15) is 0 Å². The van der Waals surface area contributed by atoms with Crippen LogP contribution in [0.5, 0.6) is 0 Å². The predicted molar refractivity (Wildman–Crippen MR) is 83.4 cm³/mol. The van der Waals surface area contributed by atoms with E-state index in [9.17, 15) is 9.59 Å². The highest BCUT2D eigenvalue weighted by atomic mass is 35.5. The Morgan fingerprint density at radius 3 is 2.52 bits per heavy atom. The number of aryl methyl sites for hydroxylation is 1. The number of benzene rings is 1. The molecule has 0 heterocycles. The third kappa shape index (κ3) is 7.14. The summed E-state index contributed by atoms with van der Waals surface area (Å²) >= 11 is 5.81. The third-order valence-corrected chi connectivity index (χ3v) is 3.57. The SMILES string of the molecule is CCCC(CNC(=O)CCCc1ccc(Cl)cc1)C(=O)O. The average molecular weight is 312 g/mol. The van der Waals surface area contributed by atoms with Gasteiger partial charge in [-0.3, -0.25) is 9.59 Å². The van der Waals surface area contributed by atoms with E-state index in [1.165, 1.54) is 0 Å². The summed E-state index contributed by atoms with van der Waals surface area (Å²) in [7, 11) is 0. The van der Waals surface area contributed by atoms with Crippen LogP contribution in [0, 0.1) is 5.92 Å². The first kappa shape index (κ1) is 17.5. The number of nitrogens with one attached hydrogen (secondary N) is 1. The van der Waals surface area contributed by atoms with Crippen LogP contribution in [0.4, 0.5) is 0 Å². The molecule has 0 bridgehead atoms. The Balaban J connectivity index is 2.24. The molecule has 0 fully saturated rings. The molecule has 1 aromatic rings. The molecule has 0 saturated heterocycles. The number of aliphatic carboxylic acids is 1. The van der Waals surface area contributed by atoms with E-state index >= 15 is 0 Å². The molecule has 0 spiro atoms. The molecule has 0 radical (unpaired) electrons. The molecule has 1 atom stereocenters. The highest BCUT2D eigenvalue weighted by Gasteiger charge is 2.16. The molecule has 0 aromatic heterocycles. The third-order valence-electron chi connectivity index (χ3n) is 3.31. The van der Waals surface area contributed by atoms with E-state index in [1.807, 2.05) is 31.2 Å². The van der Waals surface area contributed by atoms with Crippen molar-refractivity contribution >= 4 is 23.5 Å². The van der Waals surface area contributed by atoms with Crippen molar-refractivity contribution in [3.8, 4) is 0 Å². The Bertz CT molecular complexity index is 459. The summed E-state index contributed by atoms with van der Waals surface area (Å²) < 4.78 is 0. The maximum Gasteiger partial charge on any atom is 0.308 e. The van der Waals surface area contributed by atoms with Gasteiger partial charge in [0, 0.05) is 18.0 Å². The second kappa shape index (κ2) is 9.40. The summed E-state index contributed by atoms with van der Waals surface area (Å²) in [6.07, 6.45) is 3.33. The summed E-state index contributed by atoms with van der Waals surface area (Å²) in [5, 5.41) is 12.4. The van der Waals surface area contributed by atoms with Crippen LogP contribution in [0.1, 0.15) is 38.2 Å². The summed E-state index contributed by atoms with van der Waals surface area (Å²) in [6.45, 7) is 2.15. The van der Waals surface area contributed by atoms with Crippen LogP contribution in [0.15, 0.2) is 24.3 Å². The van der Waals surface area contributed by atoms with Crippen molar-refractivity contribution in [2.24, 2.45) is 5.92 Å². The van der Waals surface area contributed by atoms with Crippen LogP contribution in [0.2, 0.25) is 5.02 Å². The fourth-order valence-electron chi connectivity index (χ4n) is 2.09. The second-order valence-electron chi connectivity index (χ2n) is 5.11. The Morgan fingerprint density at radius 1 is 1.29 bits per heavy atom. The van der Waals surface area contributed by atoms with Crippen molar-refractivity contribution in [1.29, 1.82) is 0 Å². The van der Waals surface area contributed by atoms with Crippen LogP contribution >= 0.6 is 11.6 Å². The summed E-state index contributed by atoms with van der Waals surface area (Å²) in [5.41, 5.74) is 1.14. The minimum atomic E-state index is -0.849. The molecule has 5 heteroatoms. The van der Waals surface area contributed by atoms with E-state index in [0.29, 0.717) is 17.9 Å².